The lowest BCUT2D eigenvalue weighted by Crippen LogP contribution is -2.48. The number of nitrogens with one attached hydrogen (secondary N) is 1. The normalized spacial score (nSPS) is 15.6. The number of anilines is 2. The summed E-state index contributed by atoms with van der Waals surface area (Å²) in [4.78, 5) is 13.2. The number of benzene rings is 3. The first-order valence-corrected chi connectivity index (χ1v) is 11.9. The molecule has 0 aliphatic carbocycles. The van der Waals surface area contributed by atoms with Crippen LogP contribution in [0, 0.1) is 20.8 Å². The summed E-state index contributed by atoms with van der Waals surface area (Å²) in [5.41, 5.74) is 3.89. The van der Waals surface area contributed by atoms with Crippen molar-refractivity contribution in [1.82, 2.24) is 0 Å². The molecule has 0 saturated carbocycles. The first-order valence-electron chi connectivity index (χ1n) is 10.1. The van der Waals surface area contributed by atoms with Crippen molar-refractivity contribution < 1.29 is 17.9 Å². The predicted octanol–water partition coefficient (Wildman–Crippen LogP) is 4.86. The minimum atomic E-state index is -3.95. The summed E-state index contributed by atoms with van der Waals surface area (Å²) in [7, 11) is -3.95. The Labute approximate surface area is 192 Å². The molecular formula is C24H23ClN2O4S. The van der Waals surface area contributed by atoms with Gasteiger partial charge in [0.25, 0.3) is 15.9 Å². The molecule has 3 aromatic carbocycles. The standard InChI is InChI=1S/C24H23ClN2O4S/c1-15-4-7-20(8-5-15)32(29,30)27-14-23(31-22-9-6-18(25)13-21(22)27)24(28)26-19-11-16(2)10-17(3)12-19/h4-13,23H,14H2,1-3H3,(H,26,28). The number of hydrogen-bond acceptors (Lipinski definition) is 4. The van der Waals surface area contributed by atoms with E-state index in [2.05, 4.69) is 5.32 Å². The summed E-state index contributed by atoms with van der Waals surface area (Å²) in [6.07, 6.45) is -1.04. The van der Waals surface area contributed by atoms with Crippen LogP contribution in [0.2, 0.25) is 5.02 Å². The van der Waals surface area contributed by atoms with Gasteiger partial charge in [0.15, 0.2) is 6.10 Å². The lowest BCUT2D eigenvalue weighted by Gasteiger charge is -2.35. The molecule has 4 rings (SSSR count). The minimum absolute atomic E-state index is 0.129. The maximum atomic E-state index is 13.5. The molecule has 6 nitrogen and oxygen atoms in total. The van der Waals surface area contributed by atoms with Gasteiger partial charge >= 0.3 is 0 Å². The van der Waals surface area contributed by atoms with Crippen LogP contribution in [0.3, 0.4) is 0 Å². The number of sulfonamides is 1. The largest absolute Gasteiger partial charge is 0.476 e. The average molecular weight is 471 g/mol. The van der Waals surface area contributed by atoms with Gasteiger partial charge in [0.1, 0.15) is 5.75 Å². The fourth-order valence-electron chi connectivity index (χ4n) is 3.70. The molecule has 1 heterocycles. The molecule has 166 valence electrons. The maximum absolute atomic E-state index is 13.5. The van der Waals surface area contributed by atoms with E-state index in [1.54, 1.807) is 36.4 Å². The number of ether oxygens (including phenoxy) is 1. The molecule has 0 radical (unpaired) electrons. The van der Waals surface area contributed by atoms with Gasteiger partial charge in [-0.1, -0.05) is 35.4 Å². The van der Waals surface area contributed by atoms with Crippen LogP contribution >= 0.6 is 11.6 Å². The van der Waals surface area contributed by atoms with Crippen LogP contribution in [0.5, 0.6) is 5.75 Å². The van der Waals surface area contributed by atoms with Crippen molar-refractivity contribution in [2.24, 2.45) is 0 Å². The first-order chi connectivity index (χ1) is 15.1. The number of amides is 1. The molecule has 0 spiro atoms. The Morgan fingerprint density at radius 1 is 0.969 bits per heavy atom. The number of aryl methyl sites for hydroxylation is 3. The SMILES string of the molecule is Cc1ccc(S(=O)(=O)N2CC(C(=O)Nc3cc(C)cc(C)c3)Oc3ccc(Cl)cc32)cc1. The number of hydrogen-bond donors (Lipinski definition) is 1. The molecule has 3 aromatic rings. The zero-order valence-electron chi connectivity index (χ0n) is 17.9. The fraction of sp³-hybridized carbons (Fsp3) is 0.208. The van der Waals surface area contributed by atoms with Crippen molar-refractivity contribution in [3.63, 3.8) is 0 Å². The second-order valence-electron chi connectivity index (χ2n) is 7.93. The zero-order chi connectivity index (χ0) is 23.0. The molecule has 1 N–H and O–H groups in total. The van der Waals surface area contributed by atoms with Crippen LogP contribution in [0.4, 0.5) is 11.4 Å². The highest BCUT2D eigenvalue weighted by atomic mass is 35.5. The molecule has 0 fully saturated rings. The Hall–Kier alpha value is -3.03. The molecule has 0 saturated heterocycles. The van der Waals surface area contributed by atoms with Crippen molar-refractivity contribution in [3.05, 3.63) is 82.4 Å². The third kappa shape index (κ3) is 4.45. The summed E-state index contributed by atoms with van der Waals surface area (Å²) in [6.45, 7) is 5.58. The second kappa shape index (κ2) is 8.48. The first kappa shape index (κ1) is 22.2. The molecule has 0 aromatic heterocycles. The van der Waals surface area contributed by atoms with Crippen LogP contribution in [-0.4, -0.2) is 27.0 Å². The van der Waals surface area contributed by atoms with Crippen molar-refractivity contribution in [3.8, 4) is 5.75 Å². The number of rotatable bonds is 4. The van der Waals surface area contributed by atoms with Crippen LogP contribution in [0.1, 0.15) is 16.7 Å². The topological polar surface area (TPSA) is 75.7 Å². The zero-order valence-corrected chi connectivity index (χ0v) is 19.5. The highest BCUT2D eigenvalue weighted by molar-refractivity contribution is 7.92. The lowest BCUT2D eigenvalue weighted by atomic mass is 10.1. The third-order valence-electron chi connectivity index (χ3n) is 5.18. The highest BCUT2D eigenvalue weighted by Crippen LogP contribution is 2.39. The molecule has 0 bridgehead atoms. The van der Waals surface area contributed by atoms with Gasteiger partial charge in [-0.2, -0.15) is 0 Å². The Bertz CT molecular complexity index is 1270. The van der Waals surface area contributed by atoms with E-state index >= 15 is 0 Å². The highest BCUT2D eigenvalue weighted by Gasteiger charge is 2.37. The summed E-state index contributed by atoms with van der Waals surface area (Å²) in [5.74, 6) is -0.156. The maximum Gasteiger partial charge on any atom is 0.267 e. The molecule has 1 amide bonds. The Kier molecular flexibility index (Phi) is 5.88. The van der Waals surface area contributed by atoms with Gasteiger partial charge in [-0.3, -0.25) is 9.10 Å². The summed E-state index contributed by atoms with van der Waals surface area (Å²) in [6, 6.07) is 17.0. The molecular weight excluding hydrogens is 448 g/mol. The monoisotopic (exact) mass is 470 g/mol. The van der Waals surface area contributed by atoms with Crippen LogP contribution in [0.25, 0.3) is 0 Å². The quantitative estimate of drug-likeness (QED) is 0.590. The van der Waals surface area contributed by atoms with Gasteiger partial charge in [0.05, 0.1) is 17.1 Å². The predicted molar refractivity (Wildman–Crippen MR) is 126 cm³/mol. The summed E-state index contributed by atoms with van der Waals surface area (Å²) in [5, 5.41) is 3.21. The van der Waals surface area contributed by atoms with Gasteiger partial charge in [0.2, 0.25) is 0 Å². The van der Waals surface area contributed by atoms with Crippen molar-refractivity contribution in [2.75, 3.05) is 16.2 Å². The van der Waals surface area contributed by atoms with Crippen LogP contribution in [-0.2, 0) is 14.8 Å². The van der Waals surface area contributed by atoms with Crippen LogP contribution in [0.15, 0.2) is 65.6 Å². The van der Waals surface area contributed by atoms with E-state index in [9.17, 15) is 13.2 Å². The number of fused-ring (bicyclic) bond motifs is 1. The van der Waals surface area contributed by atoms with E-state index in [0.29, 0.717) is 16.4 Å². The lowest BCUT2D eigenvalue weighted by molar-refractivity contribution is -0.122. The van der Waals surface area contributed by atoms with Gasteiger partial charge in [-0.25, -0.2) is 8.42 Å². The van der Waals surface area contributed by atoms with Crippen LogP contribution < -0.4 is 14.4 Å². The smallest absolute Gasteiger partial charge is 0.267 e. The molecule has 8 heteroatoms. The van der Waals surface area contributed by atoms with Gasteiger partial charge in [-0.05, 0) is 74.4 Å². The van der Waals surface area contributed by atoms with E-state index in [1.165, 1.54) is 10.4 Å². The van der Waals surface area contributed by atoms with Gasteiger partial charge < -0.3 is 10.1 Å². The molecule has 1 aliphatic rings. The van der Waals surface area contributed by atoms with E-state index in [1.807, 2.05) is 39.0 Å². The third-order valence-corrected chi connectivity index (χ3v) is 7.21. The number of halogens is 1. The summed E-state index contributed by atoms with van der Waals surface area (Å²) >= 11 is 6.14. The van der Waals surface area contributed by atoms with Crippen molar-refractivity contribution in [1.29, 1.82) is 0 Å². The van der Waals surface area contributed by atoms with E-state index in [-0.39, 0.29) is 17.2 Å². The number of nitrogens with zero attached hydrogens (tertiary/aromatic N) is 1. The molecule has 1 atom stereocenters. The van der Waals surface area contributed by atoms with E-state index < -0.39 is 22.0 Å². The number of carbonyl (C=O) groups is 1. The van der Waals surface area contributed by atoms with E-state index in [0.717, 1.165) is 16.7 Å². The molecule has 1 unspecified atom stereocenters. The minimum Gasteiger partial charge on any atom is -0.476 e. The van der Waals surface area contributed by atoms with Crippen molar-refractivity contribution >= 4 is 38.9 Å². The molecule has 1 aliphatic heterocycles. The van der Waals surface area contributed by atoms with Crippen molar-refractivity contribution in [2.45, 2.75) is 31.8 Å². The Balaban J connectivity index is 1.69. The van der Waals surface area contributed by atoms with E-state index in [4.69, 9.17) is 16.3 Å². The summed E-state index contributed by atoms with van der Waals surface area (Å²) < 4.78 is 34.0. The second-order valence-corrected chi connectivity index (χ2v) is 10.2. The Morgan fingerprint density at radius 2 is 1.62 bits per heavy atom. The molecule has 32 heavy (non-hydrogen) atoms. The Morgan fingerprint density at radius 3 is 2.28 bits per heavy atom. The average Bonchev–Trinajstić information content (AvgIpc) is 2.72. The van der Waals surface area contributed by atoms with Gasteiger partial charge in [-0.15, -0.1) is 0 Å². The fourth-order valence-corrected chi connectivity index (χ4v) is 5.33. The van der Waals surface area contributed by atoms with Gasteiger partial charge in [0, 0.05) is 10.7 Å². The number of carbonyl (C=O) groups excluding carboxylic acids is 1.